The van der Waals surface area contributed by atoms with Gasteiger partial charge >= 0.3 is 5.97 Å². The number of pyridine rings is 1. The normalized spacial score (nSPS) is 23.4. The van der Waals surface area contributed by atoms with Gasteiger partial charge in [-0.05, 0) is 69.8 Å². The number of aliphatic carboxylic acids is 1. The molecule has 1 aromatic heterocycles. The molecule has 166 valence electrons. The molecule has 0 unspecified atom stereocenters. The lowest BCUT2D eigenvalue weighted by atomic mass is 9.86. The van der Waals surface area contributed by atoms with Crippen LogP contribution in [0.1, 0.15) is 58.7 Å². The topological polar surface area (TPSA) is 59.4 Å². The van der Waals surface area contributed by atoms with Crippen LogP contribution in [-0.2, 0) is 23.2 Å². The SMILES string of the molecule is Cc1ccccc1C1=CC(C)(C)c2ccc(COc3cc4c(cn3)[C@H]3[C@@H](C4)[C@@H]3C(=O)O)cc21. The van der Waals surface area contributed by atoms with Gasteiger partial charge in [-0.1, -0.05) is 56.3 Å². The standard InChI is InChI=1S/C29H27NO3/c1-16-6-4-5-7-19(16)22-13-29(2,3)24-9-8-17(10-20(22)24)15-33-25-12-18-11-21-26(23(18)14-30-25)27(21)28(31)32/h4-10,12-14,21,26-27H,11,15H2,1-3H3,(H,31,32)/t21-,26-,27+/m1/s1. The van der Waals surface area contributed by atoms with Crippen LogP contribution in [0.2, 0.25) is 0 Å². The Hall–Kier alpha value is -3.40. The second-order valence-electron chi connectivity index (χ2n) is 10.2. The lowest BCUT2D eigenvalue weighted by Gasteiger charge is -2.18. The number of carboxylic acids is 1. The number of benzene rings is 2. The molecule has 4 nitrogen and oxygen atoms in total. The van der Waals surface area contributed by atoms with E-state index in [1.807, 2.05) is 12.3 Å². The third-order valence-corrected chi connectivity index (χ3v) is 7.66. The molecule has 0 radical (unpaired) electrons. The number of rotatable bonds is 5. The Morgan fingerprint density at radius 1 is 1.15 bits per heavy atom. The molecule has 2 aromatic carbocycles. The molecular formula is C29H27NO3. The molecule has 1 N–H and O–H groups in total. The van der Waals surface area contributed by atoms with Crippen molar-refractivity contribution in [3.8, 4) is 5.88 Å². The van der Waals surface area contributed by atoms with Crippen LogP contribution in [0.25, 0.3) is 5.57 Å². The first-order valence-electron chi connectivity index (χ1n) is 11.6. The molecule has 3 atom stereocenters. The van der Waals surface area contributed by atoms with E-state index in [2.05, 4.69) is 74.3 Å². The molecule has 3 aliphatic carbocycles. The maximum atomic E-state index is 11.3. The molecular weight excluding hydrogens is 410 g/mol. The summed E-state index contributed by atoms with van der Waals surface area (Å²) < 4.78 is 6.07. The fourth-order valence-corrected chi connectivity index (χ4v) is 5.92. The van der Waals surface area contributed by atoms with Crippen LogP contribution in [0.15, 0.2) is 60.8 Å². The van der Waals surface area contributed by atoms with Crippen molar-refractivity contribution >= 4 is 11.5 Å². The Labute approximate surface area is 194 Å². The highest BCUT2D eigenvalue weighted by Crippen LogP contribution is 2.61. The van der Waals surface area contributed by atoms with Crippen LogP contribution in [0, 0.1) is 18.8 Å². The predicted molar refractivity (Wildman–Crippen MR) is 127 cm³/mol. The number of aryl methyl sites for hydroxylation is 1. The summed E-state index contributed by atoms with van der Waals surface area (Å²) in [6.07, 6.45) is 5.01. The molecule has 0 bridgehead atoms. The molecule has 1 fully saturated rings. The summed E-state index contributed by atoms with van der Waals surface area (Å²) in [6.45, 7) is 7.14. The van der Waals surface area contributed by atoms with Gasteiger partial charge in [-0.25, -0.2) is 4.98 Å². The van der Waals surface area contributed by atoms with Gasteiger partial charge in [0, 0.05) is 23.6 Å². The molecule has 3 aliphatic rings. The maximum absolute atomic E-state index is 11.3. The van der Waals surface area contributed by atoms with Gasteiger partial charge in [0.15, 0.2) is 0 Å². The van der Waals surface area contributed by atoms with Gasteiger partial charge in [0.25, 0.3) is 0 Å². The Morgan fingerprint density at radius 3 is 2.76 bits per heavy atom. The van der Waals surface area contributed by atoms with E-state index in [1.165, 1.54) is 33.4 Å². The summed E-state index contributed by atoms with van der Waals surface area (Å²) in [5, 5.41) is 9.31. The van der Waals surface area contributed by atoms with Gasteiger partial charge in [-0.15, -0.1) is 0 Å². The maximum Gasteiger partial charge on any atom is 0.307 e. The lowest BCUT2D eigenvalue weighted by molar-refractivity contribution is -0.139. The average molecular weight is 438 g/mol. The number of hydrogen-bond donors (Lipinski definition) is 1. The number of nitrogens with zero attached hydrogens (tertiary/aromatic N) is 1. The molecule has 6 rings (SSSR count). The minimum Gasteiger partial charge on any atom is -0.481 e. The molecule has 1 saturated carbocycles. The van der Waals surface area contributed by atoms with Gasteiger partial charge in [0.05, 0.1) is 5.92 Å². The fraction of sp³-hybridized carbons (Fsp3) is 0.310. The summed E-state index contributed by atoms with van der Waals surface area (Å²) in [6, 6.07) is 17.2. The van der Waals surface area contributed by atoms with Gasteiger partial charge in [0.1, 0.15) is 6.61 Å². The number of allylic oxidation sites excluding steroid dienone is 1. The van der Waals surface area contributed by atoms with E-state index in [0.717, 1.165) is 17.5 Å². The number of hydrogen-bond acceptors (Lipinski definition) is 3. The summed E-state index contributed by atoms with van der Waals surface area (Å²) in [5.41, 5.74) is 9.84. The molecule has 0 amide bonds. The zero-order valence-electron chi connectivity index (χ0n) is 19.1. The summed E-state index contributed by atoms with van der Waals surface area (Å²) in [5.74, 6) is 0.0802. The van der Waals surface area contributed by atoms with Gasteiger partial charge in [-0.3, -0.25) is 4.79 Å². The molecule has 33 heavy (non-hydrogen) atoms. The highest BCUT2D eigenvalue weighted by molar-refractivity contribution is 5.88. The molecule has 3 aromatic rings. The molecule has 0 spiro atoms. The van der Waals surface area contributed by atoms with Crippen LogP contribution in [0.5, 0.6) is 5.88 Å². The van der Waals surface area contributed by atoms with Crippen molar-refractivity contribution in [3.63, 3.8) is 0 Å². The monoisotopic (exact) mass is 437 g/mol. The zero-order valence-corrected chi connectivity index (χ0v) is 19.1. The second-order valence-corrected chi connectivity index (χ2v) is 10.2. The van der Waals surface area contributed by atoms with E-state index in [9.17, 15) is 9.90 Å². The Bertz CT molecular complexity index is 1340. The van der Waals surface area contributed by atoms with Crippen LogP contribution < -0.4 is 4.74 Å². The van der Waals surface area contributed by atoms with Crippen molar-refractivity contribution in [1.82, 2.24) is 4.98 Å². The minimum absolute atomic E-state index is 0.0114. The third kappa shape index (κ3) is 3.19. The van der Waals surface area contributed by atoms with Crippen molar-refractivity contribution in [2.24, 2.45) is 11.8 Å². The second kappa shape index (κ2) is 7.05. The third-order valence-electron chi connectivity index (χ3n) is 7.66. The van der Waals surface area contributed by atoms with Crippen molar-refractivity contribution in [2.45, 2.75) is 45.1 Å². The Kier molecular flexibility index (Phi) is 4.32. The van der Waals surface area contributed by atoms with E-state index >= 15 is 0 Å². The first-order chi connectivity index (χ1) is 15.8. The lowest BCUT2D eigenvalue weighted by Crippen LogP contribution is -2.11. The van der Waals surface area contributed by atoms with Crippen LogP contribution in [0.4, 0.5) is 0 Å². The van der Waals surface area contributed by atoms with Crippen molar-refractivity contribution in [2.75, 3.05) is 0 Å². The first-order valence-corrected chi connectivity index (χ1v) is 11.6. The van der Waals surface area contributed by atoms with E-state index in [4.69, 9.17) is 4.74 Å². The number of carboxylic acid groups (broad SMARTS) is 1. The number of fused-ring (bicyclic) bond motifs is 4. The van der Waals surface area contributed by atoms with Crippen LogP contribution >= 0.6 is 0 Å². The fourth-order valence-electron chi connectivity index (χ4n) is 5.92. The predicted octanol–water partition coefficient (Wildman–Crippen LogP) is 5.66. The van der Waals surface area contributed by atoms with E-state index < -0.39 is 5.97 Å². The molecule has 0 aliphatic heterocycles. The zero-order chi connectivity index (χ0) is 22.9. The Balaban J connectivity index is 1.23. The Morgan fingerprint density at radius 2 is 1.97 bits per heavy atom. The smallest absolute Gasteiger partial charge is 0.307 e. The number of carbonyl (C=O) groups is 1. The first kappa shape index (κ1) is 20.2. The van der Waals surface area contributed by atoms with Crippen LogP contribution in [-0.4, -0.2) is 16.1 Å². The van der Waals surface area contributed by atoms with Crippen molar-refractivity contribution in [3.05, 3.63) is 99.7 Å². The van der Waals surface area contributed by atoms with Crippen molar-refractivity contribution < 1.29 is 14.6 Å². The van der Waals surface area contributed by atoms with E-state index in [1.54, 1.807) is 0 Å². The molecule has 0 saturated heterocycles. The summed E-state index contributed by atoms with van der Waals surface area (Å²) >= 11 is 0. The van der Waals surface area contributed by atoms with Crippen molar-refractivity contribution in [1.29, 1.82) is 0 Å². The summed E-state index contributed by atoms with van der Waals surface area (Å²) in [4.78, 5) is 15.8. The quantitative estimate of drug-likeness (QED) is 0.559. The highest BCUT2D eigenvalue weighted by atomic mass is 16.5. The van der Waals surface area contributed by atoms with Crippen LogP contribution in [0.3, 0.4) is 0 Å². The van der Waals surface area contributed by atoms with E-state index in [-0.39, 0.29) is 23.2 Å². The number of aromatic nitrogens is 1. The minimum atomic E-state index is -0.685. The summed E-state index contributed by atoms with van der Waals surface area (Å²) in [7, 11) is 0. The van der Waals surface area contributed by atoms with Gasteiger partial charge in [-0.2, -0.15) is 0 Å². The van der Waals surface area contributed by atoms with Gasteiger partial charge < -0.3 is 9.84 Å². The average Bonchev–Trinajstić information content (AvgIpc) is 3.28. The molecule has 4 heteroatoms. The molecule has 1 heterocycles. The van der Waals surface area contributed by atoms with Gasteiger partial charge in [0.2, 0.25) is 5.88 Å². The highest BCUT2D eigenvalue weighted by Gasteiger charge is 2.59. The van der Waals surface area contributed by atoms with E-state index in [0.29, 0.717) is 12.5 Å². The largest absolute Gasteiger partial charge is 0.481 e. The number of ether oxygens (including phenoxy) is 1.